The Labute approximate surface area is 159 Å². The predicted octanol–water partition coefficient (Wildman–Crippen LogP) is 0.658. The number of alkyl halides is 2. The fourth-order valence-electron chi connectivity index (χ4n) is 3.11. The highest BCUT2D eigenvalue weighted by Gasteiger charge is 2.42. The van der Waals surface area contributed by atoms with Crippen LogP contribution < -0.4 is 21.5 Å². The molecule has 2 heterocycles. The maximum atomic E-state index is 12.9. The van der Waals surface area contributed by atoms with Gasteiger partial charge >= 0.3 is 0 Å². The average Bonchev–Trinajstić information content (AvgIpc) is 3.03. The highest BCUT2D eigenvalue weighted by molar-refractivity contribution is 5.97. The Morgan fingerprint density at radius 2 is 2.18 bits per heavy atom. The summed E-state index contributed by atoms with van der Waals surface area (Å²) >= 11 is 0. The lowest BCUT2D eigenvalue weighted by molar-refractivity contribution is -0.126. The summed E-state index contributed by atoms with van der Waals surface area (Å²) in [4.78, 5) is 36.5. The summed E-state index contributed by atoms with van der Waals surface area (Å²) in [6.07, 6.45) is 0.647. The first-order valence-electron chi connectivity index (χ1n) is 9.13. The highest BCUT2D eigenvalue weighted by atomic mass is 19.3. The number of aromatic nitrogens is 1. The van der Waals surface area contributed by atoms with E-state index in [0.717, 1.165) is 12.8 Å². The molecular formula is C17H23F2N5O4. The number of nitrogens with zero attached hydrogens (tertiary/aromatic N) is 1. The van der Waals surface area contributed by atoms with Crippen molar-refractivity contribution in [2.45, 2.75) is 45.1 Å². The monoisotopic (exact) mass is 399 g/mol. The van der Waals surface area contributed by atoms with Crippen LogP contribution in [0.3, 0.4) is 0 Å². The molecule has 28 heavy (non-hydrogen) atoms. The van der Waals surface area contributed by atoms with Gasteiger partial charge in [0, 0.05) is 13.1 Å². The molecule has 2 atom stereocenters. The minimum atomic E-state index is -2.92. The molecule has 3 amide bonds. The molecule has 0 bridgehead atoms. The van der Waals surface area contributed by atoms with Gasteiger partial charge in [0.1, 0.15) is 12.3 Å². The van der Waals surface area contributed by atoms with Gasteiger partial charge in [-0.1, -0.05) is 12.1 Å². The van der Waals surface area contributed by atoms with Crippen LogP contribution in [0.15, 0.2) is 10.8 Å². The number of nitrogens with one attached hydrogen (secondary N) is 4. The van der Waals surface area contributed by atoms with Crippen molar-refractivity contribution in [1.29, 1.82) is 0 Å². The van der Waals surface area contributed by atoms with Crippen LogP contribution in [-0.4, -0.2) is 42.0 Å². The van der Waals surface area contributed by atoms with Crippen LogP contribution in [0.4, 0.5) is 8.78 Å². The topological polar surface area (TPSA) is 125 Å². The van der Waals surface area contributed by atoms with Gasteiger partial charge in [-0.2, -0.15) is 0 Å². The van der Waals surface area contributed by atoms with E-state index in [-0.39, 0.29) is 23.8 Å². The van der Waals surface area contributed by atoms with E-state index in [0.29, 0.717) is 25.6 Å². The van der Waals surface area contributed by atoms with Gasteiger partial charge in [-0.3, -0.25) is 19.8 Å². The highest BCUT2D eigenvalue weighted by Crippen LogP contribution is 2.48. The quantitative estimate of drug-likeness (QED) is 0.452. The summed E-state index contributed by atoms with van der Waals surface area (Å²) in [6, 6.07) is -0.938. The third-order valence-corrected chi connectivity index (χ3v) is 5.19. The summed E-state index contributed by atoms with van der Waals surface area (Å²) in [5.74, 6) is -1.73. The van der Waals surface area contributed by atoms with Crippen molar-refractivity contribution in [3.8, 4) is 0 Å². The maximum absolute atomic E-state index is 12.9. The summed E-state index contributed by atoms with van der Waals surface area (Å²) in [5, 5.41) is 8.50. The first kappa shape index (κ1) is 20.2. The first-order chi connectivity index (χ1) is 13.3. The van der Waals surface area contributed by atoms with E-state index in [9.17, 15) is 23.2 Å². The minimum absolute atomic E-state index is 0.0809. The van der Waals surface area contributed by atoms with E-state index in [1.54, 1.807) is 0 Å². The van der Waals surface area contributed by atoms with Crippen LogP contribution in [0.25, 0.3) is 0 Å². The van der Waals surface area contributed by atoms with E-state index in [1.807, 2.05) is 6.92 Å². The number of rotatable bonds is 9. The summed E-state index contributed by atoms with van der Waals surface area (Å²) in [7, 11) is 0. The summed E-state index contributed by atoms with van der Waals surface area (Å²) in [5.41, 5.74) is 3.96. The molecule has 3 rings (SSSR count). The third kappa shape index (κ3) is 4.83. The van der Waals surface area contributed by atoms with Crippen LogP contribution in [0.1, 0.15) is 55.1 Å². The molecule has 1 aliphatic carbocycles. The van der Waals surface area contributed by atoms with E-state index in [1.165, 1.54) is 0 Å². The van der Waals surface area contributed by atoms with Crippen LogP contribution in [0.5, 0.6) is 0 Å². The van der Waals surface area contributed by atoms with Crippen molar-refractivity contribution in [3.05, 3.63) is 17.5 Å². The van der Waals surface area contributed by atoms with Gasteiger partial charge in [-0.05, 0) is 31.1 Å². The molecule has 2 fully saturated rings. The van der Waals surface area contributed by atoms with Gasteiger partial charge in [0.05, 0.1) is 11.5 Å². The first-order valence-corrected chi connectivity index (χ1v) is 9.13. The molecule has 0 spiro atoms. The van der Waals surface area contributed by atoms with Gasteiger partial charge < -0.3 is 15.2 Å². The Bertz CT molecular complexity index is 750. The number of halogens is 2. The maximum Gasteiger partial charge on any atom is 0.274 e. The van der Waals surface area contributed by atoms with Crippen molar-refractivity contribution in [1.82, 2.24) is 26.6 Å². The second-order valence-corrected chi connectivity index (χ2v) is 7.61. The zero-order chi connectivity index (χ0) is 20.3. The standard InChI is InChI=1S/C17H23F2N5O4/c1-17(3-4-17)6-11(15(26)23-21-7-9-2-5-20-14(9)25)22-16(27)12-10(13(18)19)8-28-24-12/h8-9,11,13,21H,2-7H2,1H3,(H,20,25)(H,22,27)(H,23,26)/t9-,11-/m0/s1. The molecule has 0 aromatic carbocycles. The normalized spacial score (nSPS) is 21.3. The van der Waals surface area contributed by atoms with Crippen molar-refractivity contribution in [2.24, 2.45) is 11.3 Å². The van der Waals surface area contributed by atoms with Gasteiger partial charge in [-0.25, -0.2) is 14.2 Å². The Morgan fingerprint density at radius 3 is 2.79 bits per heavy atom. The second-order valence-electron chi connectivity index (χ2n) is 7.61. The van der Waals surface area contributed by atoms with Crippen molar-refractivity contribution in [2.75, 3.05) is 13.1 Å². The van der Waals surface area contributed by atoms with E-state index in [2.05, 4.69) is 31.2 Å². The molecule has 1 aromatic rings. The molecule has 0 radical (unpaired) electrons. The molecule has 1 saturated carbocycles. The molecule has 11 heteroatoms. The summed E-state index contributed by atoms with van der Waals surface area (Å²) in [6.45, 7) is 2.84. The lowest BCUT2D eigenvalue weighted by atomic mass is 9.98. The van der Waals surface area contributed by atoms with E-state index >= 15 is 0 Å². The Hall–Kier alpha value is -2.56. The van der Waals surface area contributed by atoms with Gasteiger partial charge in [0.15, 0.2) is 5.69 Å². The molecular weight excluding hydrogens is 376 g/mol. The molecule has 0 unspecified atom stereocenters. The van der Waals surface area contributed by atoms with Crippen molar-refractivity contribution in [3.63, 3.8) is 0 Å². The van der Waals surface area contributed by atoms with Gasteiger partial charge in [-0.15, -0.1) is 0 Å². The number of amides is 3. The number of hydrogen-bond donors (Lipinski definition) is 4. The summed E-state index contributed by atoms with van der Waals surface area (Å²) < 4.78 is 30.4. The van der Waals surface area contributed by atoms with Gasteiger partial charge in [0.25, 0.3) is 18.2 Å². The second kappa shape index (κ2) is 8.21. The molecule has 1 aliphatic heterocycles. The van der Waals surface area contributed by atoms with Crippen LogP contribution in [-0.2, 0) is 9.59 Å². The minimum Gasteiger partial charge on any atom is -0.363 e. The number of hydrogen-bond acceptors (Lipinski definition) is 6. The molecule has 9 nitrogen and oxygen atoms in total. The molecule has 2 aliphatic rings. The molecule has 4 N–H and O–H groups in total. The SMILES string of the molecule is CC1(C[C@H](NC(=O)c2nocc2C(F)F)C(=O)NNC[C@@H]2CCNC2=O)CC1. The number of hydrazine groups is 1. The zero-order valence-corrected chi connectivity index (χ0v) is 15.4. The fraction of sp³-hybridized carbons (Fsp3) is 0.647. The Morgan fingerprint density at radius 1 is 1.43 bits per heavy atom. The van der Waals surface area contributed by atoms with Crippen LogP contribution in [0, 0.1) is 11.3 Å². The molecule has 154 valence electrons. The smallest absolute Gasteiger partial charge is 0.274 e. The zero-order valence-electron chi connectivity index (χ0n) is 15.4. The van der Waals surface area contributed by atoms with Crippen LogP contribution >= 0.6 is 0 Å². The largest absolute Gasteiger partial charge is 0.363 e. The molecule has 1 saturated heterocycles. The Kier molecular flexibility index (Phi) is 5.92. The predicted molar refractivity (Wildman–Crippen MR) is 91.9 cm³/mol. The molecule has 1 aromatic heterocycles. The number of carbonyl (C=O) groups is 3. The third-order valence-electron chi connectivity index (χ3n) is 5.19. The Balaban J connectivity index is 1.59. The lowest BCUT2D eigenvalue weighted by Crippen LogP contribution is -2.52. The lowest BCUT2D eigenvalue weighted by Gasteiger charge is -2.22. The fourth-order valence-corrected chi connectivity index (χ4v) is 3.11. The van der Waals surface area contributed by atoms with Crippen molar-refractivity contribution < 1.29 is 27.7 Å². The average molecular weight is 399 g/mol. The van der Waals surface area contributed by atoms with Gasteiger partial charge in [0.2, 0.25) is 5.91 Å². The van der Waals surface area contributed by atoms with E-state index < -0.39 is 35.5 Å². The van der Waals surface area contributed by atoms with E-state index in [4.69, 9.17) is 0 Å². The van der Waals surface area contributed by atoms with Crippen LogP contribution in [0.2, 0.25) is 0 Å². The van der Waals surface area contributed by atoms with Crippen molar-refractivity contribution >= 4 is 17.7 Å². The number of carbonyl (C=O) groups excluding carboxylic acids is 3.